The van der Waals surface area contributed by atoms with E-state index in [1.54, 1.807) is 0 Å². The van der Waals surface area contributed by atoms with Crippen molar-refractivity contribution < 1.29 is 34.0 Å². The van der Waals surface area contributed by atoms with E-state index in [2.05, 4.69) is 0 Å². The number of aliphatic hydroxyl groups is 2. The van der Waals surface area contributed by atoms with E-state index in [1.165, 1.54) is 19.2 Å². The third-order valence-electron chi connectivity index (χ3n) is 6.15. The first-order valence-corrected chi connectivity index (χ1v) is 8.58. The molecule has 4 rings (SSSR count). The van der Waals surface area contributed by atoms with E-state index < -0.39 is 53.7 Å². The monoisotopic (exact) mass is 365 g/mol. The Morgan fingerprint density at radius 3 is 2.69 bits per heavy atom. The Labute approximate surface area is 149 Å². The highest BCUT2D eigenvalue weighted by Gasteiger charge is 2.66. The molecule has 1 aliphatic carbocycles. The minimum atomic E-state index is -1.77. The van der Waals surface area contributed by atoms with Crippen LogP contribution in [0, 0.1) is 29.5 Å². The summed E-state index contributed by atoms with van der Waals surface area (Å²) in [4.78, 5) is 26.0. The van der Waals surface area contributed by atoms with E-state index in [4.69, 9.17) is 4.74 Å². The van der Waals surface area contributed by atoms with Gasteiger partial charge in [0.2, 0.25) is 11.8 Å². The van der Waals surface area contributed by atoms with Gasteiger partial charge in [-0.2, -0.15) is 0 Å². The van der Waals surface area contributed by atoms with Crippen LogP contribution in [0.3, 0.4) is 0 Å². The predicted molar refractivity (Wildman–Crippen MR) is 84.9 cm³/mol. The molecule has 26 heavy (non-hydrogen) atoms. The van der Waals surface area contributed by atoms with E-state index in [-0.39, 0.29) is 24.7 Å². The number of hydrogen-bond donors (Lipinski definition) is 3. The lowest BCUT2D eigenvalue weighted by molar-refractivity contribution is -0.274. The summed E-state index contributed by atoms with van der Waals surface area (Å²) in [6, 6.07) is 3.81. The van der Waals surface area contributed by atoms with E-state index in [0.717, 1.165) is 11.0 Å². The van der Waals surface area contributed by atoms with E-state index in [9.17, 15) is 29.3 Å². The normalized spacial score (nSPS) is 39.2. The Morgan fingerprint density at radius 2 is 2.04 bits per heavy atom. The van der Waals surface area contributed by atoms with Crippen LogP contribution in [0.4, 0.5) is 4.39 Å². The molecule has 0 unspecified atom stereocenters. The maximum atomic E-state index is 13.7. The number of phenolic OH excluding ortho intramolecular Hbond substituents is 1. The van der Waals surface area contributed by atoms with Crippen LogP contribution in [-0.4, -0.2) is 51.5 Å². The number of aliphatic hydroxyl groups excluding tert-OH is 1. The van der Waals surface area contributed by atoms with Crippen molar-refractivity contribution in [3.63, 3.8) is 0 Å². The van der Waals surface area contributed by atoms with Crippen LogP contribution in [0.5, 0.6) is 5.75 Å². The highest BCUT2D eigenvalue weighted by molar-refractivity contribution is 6.05. The van der Waals surface area contributed by atoms with E-state index >= 15 is 0 Å². The summed E-state index contributed by atoms with van der Waals surface area (Å²) >= 11 is 0. The molecule has 3 aliphatic rings. The molecule has 6 atom stereocenters. The number of phenols is 1. The van der Waals surface area contributed by atoms with Gasteiger partial charge in [0, 0.05) is 18.9 Å². The molecule has 0 radical (unpaired) electrons. The average molecular weight is 365 g/mol. The second kappa shape index (κ2) is 5.73. The first kappa shape index (κ1) is 17.4. The van der Waals surface area contributed by atoms with Crippen molar-refractivity contribution in [1.29, 1.82) is 0 Å². The lowest BCUT2D eigenvalue weighted by Crippen LogP contribution is -2.54. The Kier molecular flexibility index (Phi) is 3.83. The van der Waals surface area contributed by atoms with Gasteiger partial charge in [0.1, 0.15) is 0 Å². The van der Waals surface area contributed by atoms with Crippen LogP contribution >= 0.6 is 0 Å². The zero-order valence-corrected chi connectivity index (χ0v) is 14.1. The molecule has 0 aromatic heterocycles. The number of hydrogen-bond acceptors (Lipinski definition) is 6. The minimum absolute atomic E-state index is 0.153. The number of carbonyl (C=O) groups excluding carboxylic acids is 2. The van der Waals surface area contributed by atoms with Gasteiger partial charge in [0.15, 0.2) is 17.4 Å². The molecule has 1 aromatic rings. The number of aromatic hydroxyl groups is 1. The van der Waals surface area contributed by atoms with Crippen LogP contribution in [0.1, 0.15) is 24.5 Å². The summed E-state index contributed by atoms with van der Waals surface area (Å²) in [7, 11) is 1.42. The van der Waals surface area contributed by atoms with Crippen molar-refractivity contribution >= 4 is 11.8 Å². The van der Waals surface area contributed by atoms with Gasteiger partial charge in [-0.25, -0.2) is 4.39 Å². The van der Waals surface area contributed by atoms with Crippen molar-refractivity contribution in [1.82, 2.24) is 4.90 Å². The van der Waals surface area contributed by atoms with Crippen molar-refractivity contribution in [2.45, 2.75) is 24.7 Å². The largest absolute Gasteiger partial charge is 0.505 e. The topological polar surface area (TPSA) is 107 Å². The Morgan fingerprint density at radius 1 is 1.31 bits per heavy atom. The lowest BCUT2D eigenvalue weighted by Gasteiger charge is -2.44. The van der Waals surface area contributed by atoms with Gasteiger partial charge in [-0.3, -0.25) is 14.5 Å². The minimum Gasteiger partial charge on any atom is -0.505 e. The smallest absolute Gasteiger partial charge is 0.233 e. The first-order chi connectivity index (χ1) is 12.3. The summed E-state index contributed by atoms with van der Waals surface area (Å²) in [5.41, 5.74) is 0.418. The van der Waals surface area contributed by atoms with Crippen LogP contribution in [0.15, 0.2) is 18.2 Å². The lowest BCUT2D eigenvalue weighted by atomic mass is 9.64. The molecule has 7 nitrogen and oxygen atoms in total. The van der Waals surface area contributed by atoms with Crippen molar-refractivity contribution in [2.75, 3.05) is 13.7 Å². The molecule has 8 heteroatoms. The zero-order chi connectivity index (χ0) is 18.8. The molecule has 3 fully saturated rings. The number of ether oxygens (including phenoxy) is 1. The standard InChI is InChI=1S/C18H20FNO6/c1-20-16(23)10-5-9(7-21)18(25)11(15(10)17(20)24)6-14(26-18)8-2-3-13(22)12(19)4-8/h2-4,9-11,14-15,21-22,25H,5-7H2,1H3/t9-,10+,11+,14+,15+,18-/m1/s1. The van der Waals surface area contributed by atoms with Crippen LogP contribution < -0.4 is 0 Å². The molecular formula is C18H20FNO6. The number of fused-ring (bicyclic) bond motifs is 3. The van der Waals surface area contributed by atoms with Gasteiger partial charge in [0.25, 0.3) is 0 Å². The van der Waals surface area contributed by atoms with Gasteiger partial charge < -0.3 is 20.1 Å². The fourth-order valence-electron chi connectivity index (χ4n) is 4.78. The number of carbonyl (C=O) groups is 2. The molecule has 2 heterocycles. The van der Waals surface area contributed by atoms with Gasteiger partial charge in [-0.1, -0.05) is 6.07 Å². The van der Waals surface area contributed by atoms with Gasteiger partial charge in [-0.05, 0) is 30.5 Å². The molecular weight excluding hydrogens is 345 g/mol. The molecule has 2 saturated heterocycles. The quantitative estimate of drug-likeness (QED) is 0.661. The second-order valence-electron chi connectivity index (χ2n) is 7.39. The average Bonchev–Trinajstić information content (AvgIpc) is 3.07. The van der Waals surface area contributed by atoms with Crippen molar-refractivity contribution in [3.05, 3.63) is 29.6 Å². The fourth-order valence-corrected chi connectivity index (χ4v) is 4.78. The second-order valence-corrected chi connectivity index (χ2v) is 7.39. The number of nitrogens with zero attached hydrogens (tertiary/aromatic N) is 1. The maximum absolute atomic E-state index is 13.7. The van der Waals surface area contributed by atoms with Crippen molar-refractivity contribution in [2.24, 2.45) is 23.7 Å². The van der Waals surface area contributed by atoms with Crippen molar-refractivity contribution in [3.8, 4) is 5.75 Å². The number of imide groups is 1. The number of likely N-dealkylation sites (tertiary alicyclic amines) is 1. The van der Waals surface area contributed by atoms with Gasteiger partial charge in [-0.15, -0.1) is 0 Å². The highest BCUT2D eigenvalue weighted by Crippen LogP contribution is 2.57. The predicted octanol–water partition coefficient (Wildman–Crippen LogP) is 0.541. The molecule has 140 valence electrons. The summed E-state index contributed by atoms with van der Waals surface area (Å²) in [6.07, 6.45) is -0.341. The summed E-state index contributed by atoms with van der Waals surface area (Å²) in [6.45, 7) is -0.391. The maximum Gasteiger partial charge on any atom is 0.233 e. The van der Waals surface area contributed by atoms with Crippen LogP contribution in [0.2, 0.25) is 0 Å². The number of amides is 2. The number of rotatable bonds is 2. The molecule has 2 amide bonds. The molecule has 3 N–H and O–H groups in total. The Bertz CT molecular complexity index is 785. The molecule has 2 aliphatic heterocycles. The number of halogens is 1. The summed E-state index contributed by atoms with van der Waals surface area (Å²) in [5.74, 6) is -6.44. The van der Waals surface area contributed by atoms with Crippen LogP contribution in [0.25, 0.3) is 0 Å². The van der Waals surface area contributed by atoms with Gasteiger partial charge in [0.05, 0.1) is 24.5 Å². The summed E-state index contributed by atoms with van der Waals surface area (Å²) < 4.78 is 19.5. The third kappa shape index (κ3) is 2.22. The molecule has 0 bridgehead atoms. The van der Waals surface area contributed by atoms with Gasteiger partial charge >= 0.3 is 0 Å². The van der Waals surface area contributed by atoms with Crippen LogP contribution in [-0.2, 0) is 14.3 Å². The molecule has 1 saturated carbocycles. The molecule has 1 aromatic carbocycles. The Balaban J connectivity index is 1.72. The number of benzene rings is 1. The highest BCUT2D eigenvalue weighted by atomic mass is 19.1. The van der Waals surface area contributed by atoms with E-state index in [0.29, 0.717) is 5.56 Å². The first-order valence-electron chi connectivity index (χ1n) is 8.58. The van der Waals surface area contributed by atoms with E-state index in [1.807, 2.05) is 0 Å². The summed E-state index contributed by atoms with van der Waals surface area (Å²) in [5, 5.41) is 30.2. The Hall–Kier alpha value is -2.03. The third-order valence-corrected chi connectivity index (χ3v) is 6.15. The zero-order valence-electron chi connectivity index (χ0n) is 14.1. The molecule has 0 spiro atoms. The SMILES string of the molecule is CN1C(=O)[C@H]2[C@H](C[C@H](CO)[C@@]3(O)O[C@H](c4ccc(O)c(F)c4)C[C@@H]23)C1=O. The fraction of sp³-hybridized carbons (Fsp3) is 0.556.